The highest BCUT2D eigenvalue weighted by Crippen LogP contribution is 1.92. The van der Waals surface area contributed by atoms with Crippen LogP contribution in [0.2, 0.25) is 0 Å². The minimum Gasteiger partial charge on any atom is -0.453 e. The Balaban J connectivity index is -0.000000234. The Hall–Kier alpha value is -1.55. The second-order valence-electron chi connectivity index (χ2n) is 3.15. The lowest BCUT2D eigenvalue weighted by atomic mass is 10.2. The minimum atomic E-state index is -0.455. The third kappa shape index (κ3) is 21.7. The van der Waals surface area contributed by atoms with Gasteiger partial charge in [-0.15, -0.1) is 0 Å². The zero-order valence-electron chi connectivity index (χ0n) is 13.8. The fraction of sp³-hybridized carbons (Fsp3) is 0.562. The minimum absolute atomic E-state index is 0.0873. The first kappa shape index (κ1) is 23.5. The van der Waals surface area contributed by atoms with Crippen molar-refractivity contribution in [3.63, 3.8) is 0 Å². The Bertz CT molecular complexity index is 276. The number of hydrogen-bond acceptors (Lipinski definition) is 3. The molecule has 0 fully saturated rings. The van der Waals surface area contributed by atoms with Gasteiger partial charge in [-0.05, 0) is 13.3 Å². The summed E-state index contributed by atoms with van der Waals surface area (Å²) in [5.41, 5.74) is 1.32. The van der Waals surface area contributed by atoms with Crippen molar-refractivity contribution in [3.8, 4) is 0 Å². The normalized spacial score (nSPS) is 7.55. The quantitative estimate of drug-likeness (QED) is 0.831. The van der Waals surface area contributed by atoms with Crippen LogP contribution in [0.3, 0.4) is 0 Å². The number of aryl methyl sites for hydroxylation is 1. The van der Waals surface area contributed by atoms with Crippen LogP contribution in [0.4, 0.5) is 4.79 Å². The molecule has 0 atom stereocenters. The van der Waals surface area contributed by atoms with Crippen LogP contribution in [0.5, 0.6) is 0 Å². The molecule has 0 heterocycles. The monoisotopic (exact) mass is 285 g/mol. The predicted octanol–water partition coefficient (Wildman–Crippen LogP) is 3.77. The number of carbonyl (C=O) groups is 1. The maximum absolute atomic E-state index is 10.3. The third-order valence-corrected chi connectivity index (χ3v) is 1.73. The fourth-order valence-electron chi connectivity index (χ4n) is 0.876. The van der Waals surface area contributed by atoms with Crippen LogP contribution < -0.4 is 5.32 Å². The van der Waals surface area contributed by atoms with E-state index in [0.29, 0.717) is 13.0 Å². The van der Waals surface area contributed by atoms with Gasteiger partial charge in [-0.3, -0.25) is 0 Å². The lowest BCUT2D eigenvalue weighted by Gasteiger charge is -1.99. The smallest absolute Gasteiger partial charge is 0.406 e. The number of nitrogens with one attached hydrogen (secondary N) is 1. The molecular weight excluding hydrogens is 254 g/mol. The number of hydrogen-bond donors (Lipinski definition) is 2. The lowest BCUT2D eigenvalue weighted by Crippen LogP contribution is -2.24. The molecule has 118 valence electrons. The molecule has 0 aliphatic heterocycles. The summed E-state index contributed by atoms with van der Waals surface area (Å²) in [5, 5.41) is 10.7. The number of aliphatic hydroxyl groups is 1. The van der Waals surface area contributed by atoms with Gasteiger partial charge in [0, 0.05) is 13.2 Å². The average molecular weight is 285 g/mol. The highest BCUT2D eigenvalue weighted by Gasteiger charge is 1.93. The molecule has 0 aliphatic rings. The summed E-state index contributed by atoms with van der Waals surface area (Å²) in [7, 11) is 1.30. The average Bonchev–Trinajstić information content (AvgIpc) is 2.53. The molecular formula is C16H31NO3. The van der Waals surface area contributed by atoms with Crippen molar-refractivity contribution in [1.82, 2.24) is 5.32 Å². The number of ether oxygens (including phenoxy) is 1. The van der Waals surface area contributed by atoms with Crippen LogP contribution >= 0.6 is 0 Å². The van der Waals surface area contributed by atoms with Crippen LogP contribution in [0.15, 0.2) is 30.3 Å². The van der Waals surface area contributed by atoms with Gasteiger partial charge in [0.2, 0.25) is 0 Å². The van der Waals surface area contributed by atoms with Crippen molar-refractivity contribution < 1.29 is 14.6 Å². The van der Waals surface area contributed by atoms with E-state index in [-0.39, 0.29) is 6.61 Å². The summed E-state index contributed by atoms with van der Waals surface area (Å²) in [6.07, 6.45) is 0.109. The van der Waals surface area contributed by atoms with Crippen LogP contribution in [0.25, 0.3) is 0 Å². The third-order valence-electron chi connectivity index (χ3n) is 1.73. The van der Waals surface area contributed by atoms with Crippen LogP contribution in [0.1, 0.15) is 39.7 Å². The van der Waals surface area contributed by atoms with Crippen molar-refractivity contribution in [3.05, 3.63) is 35.9 Å². The van der Waals surface area contributed by atoms with E-state index in [1.165, 1.54) is 12.7 Å². The molecule has 4 heteroatoms. The van der Waals surface area contributed by atoms with E-state index >= 15 is 0 Å². The summed E-state index contributed by atoms with van der Waals surface area (Å²) >= 11 is 0. The van der Waals surface area contributed by atoms with Gasteiger partial charge in [-0.2, -0.15) is 0 Å². The molecule has 0 spiro atoms. The number of rotatable bonds is 3. The molecule has 2 N–H and O–H groups in total. The van der Waals surface area contributed by atoms with Gasteiger partial charge in [0.25, 0.3) is 0 Å². The van der Waals surface area contributed by atoms with Crippen molar-refractivity contribution >= 4 is 6.09 Å². The van der Waals surface area contributed by atoms with E-state index in [0.717, 1.165) is 0 Å². The molecule has 1 aromatic carbocycles. The van der Waals surface area contributed by atoms with Crippen molar-refractivity contribution in [1.29, 1.82) is 0 Å². The first-order valence-corrected chi connectivity index (χ1v) is 7.15. The Morgan fingerprint density at radius 1 is 1.15 bits per heavy atom. The van der Waals surface area contributed by atoms with E-state index in [1.54, 1.807) is 0 Å². The van der Waals surface area contributed by atoms with Crippen LogP contribution in [0, 0.1) is 6.92 Å². The van der Waals surface area contributed by atoms with Gasteiger partial charge in [-0.1, -0.05) is 63.6 Å². The van der Waals surface area contributed by atoms with Gasteiger partial charge in [0.05, 0.1) is 7.11 Å². The van der Waals surface area contributed by atoms with Gasteiger partial charge in [-0.25, -0.2) is 4.79 Å². The van der Waals surface area contributed by atoms with Gasteiger partial charge >= 0.3 is 6.09 Å². The molecule has 4 nitrogen and oxygen atoms in total. The maximum Gasteiger partial charge on any atom is 0.406 e. The zero-order chi connectivity index (χ0) is 16.2. The molecule has 0 saturated heterocycles. The first-order valence-electron chi connectivity index (χ1n) is 7.15. The van der Waals surface area contributed by atoms with Crippen LogP contribution in [-0.2, 0) is 4.74 Å². The maximum atomic E-state index is 10.3. The second-order valence-corrected chi connectivity index (χ2v) is 3.15. The predicted molar refractivity (Wildman–Crippen MR) is 86.0 cm³/mol. The van der Waals surface area contributed by atoms with E-state index in [9.17, 15) is 4.79 Å². The zero-order valence-corrected chi connectivity index (χ0v) is 13.8. The Morgan fingerprint density at radius 2 is 1.65 bits per heavy atom. The first-order chi connectivity index (χ1) is 9.70. The van der Waals surface area contributed by atoms with E-state index in [1.807, 2.05) is 45.9 Å². The highest BCUT2D eigenvalue weighted by molar-refractivity contribution is 5.66. The van der Waals surface area contributed by atoms with Gasteiger partial charge in [0.15, 0.2) is 0 Å². The van der Waals surface area contributed by atoms with Crippen LogP contribution in [-0.4, -0.2) is 31.5 Å². The number of methoxy groups -OCH3 is 1. The van der Waals surface area contributed by atoms with Crippen molar-refractivity contribution in [2.75, 3.05) is 20.3 Å². The van der Waals surface area contributed by atoms with E-state index in [4.69, 9.17) is 5.11 Å². The Morgan fingerprint density at radius 3 is 1.95 bits per heavy atom. The molecule has 1 rings (SSSR count). The Kier molecular flexibility index (Phi) is 26.6. The fourth-order valence-corrected chi connectivity index (χ4v) is 0.876. The lowest BCUT2D eigenvalue weighted by molar-refractivity contribution is 0.170. The van der Waals surface area contributed by atoms with E-state index < -0.39 is 6.09 Å². The second kappa shape index (κ2) is 22.6. The molecule has 0 unspecified atom stereocenters. The summed E-state index contributed by atoms with van der Waals surface area (Å²) in [4.78, 5) is 10.3. The summed E-state index contributed by atoms with van der Waals surface area (Å²) in [5.74, 6) is 0. The number of carbonyl (C=O) groups excluding carboxylic acids is 1. The number of amides is 1. The van der Waals surface area contributed by atoms with Crippen molar-refractivity contribution in [2.24, 2.45) is 0 Å². The SMILES string of the molecule is CC.CC.COC(=O)NCCCO.Cc1ccccc1. The molecule has 0 bridgehead atoms. The summed E-state index contributed by atoms with van der Waals surface area (Å²) in [6.45, 7) is 10.6. The standard InChI is InChI=1S/C7H8.C5H11NO3.2C2H6/c1-7-5-3-2-4-6-7;1-9-5(8)6-3-2-4-7;2*1-2/h2-6H,1H3;7H,2-4H2,1H3,(H,6,8);2*1-2H3. The largest absolute Gasteiger partial charge is 0.453 e. The number of aliphatic hydroxyl groups excluding tert-OH is 1. The van der Waals surface area contributed by atoms with Crippen molar-refractivity contribution in [2.45, 2.75) is 41.0 Å². The number of benzene rings is 1. The molecule has 20 heavy (non-hydrogen) atoms. The molecule has 0 radical (unpaired) electrons. The molecule has 0 aromatic heterocycles. The summed E-state index contributed by atoms with van der Waals surface area (Å²) in [6, 6.07) is 10.3. The molecule has 1 amide bonds. The molecule has 0 saturated carbocycles. The van der Waals surface area contributed by atoms with Gasteiger partial charge in [0.1, 0.15) is 0 Å². The van der Waals surface area contributed by atoms with Gasteiger partial charge < -0.3 is 15.2 Å². The summed E-state index contributed by atoms with van der Waals surface area (Å²) < 4.78 is 4.27. The molecule has 0 aliphatic carbocycles. The Labute approximate surface area is 124 Å². The topological polar surface area (TPSA) is 58.6 Å². The highest BCUT2D eigenvalue weighted by atomic mass is 16.5. The number of alkyl carbamates (subject to hydrolysis) is 1. The van der Waals surface area contributed by atoms with E-state index in [2.05, 4.69) is 29.1 Å². The molecule has 1 aromatic rings.